The Morgan fingerprint density at radius 3 is 2.38 bits per heavy atom. The third-order valence-electron chi connectivity index (χ3n) is 4.39. The predicted octanol–water partition coefficient (Wildman–Crippen LogP) is 6.24. The minimum atomic E-state index is -2.36. The Kier molecular flexibility index (Phi) is 8.94. The molecule has 1 atom stereocenters. The number of benzene rings is 2. The molecule has 0 bridgehead atoms. The summed E-state index contributed by atoms with van der Waals surface area (Å²) in [6, 6.07) is 15.5. The Hall–Kier alpha value is -1.57. The smallest absolute Gasteiger partial charge is 0.223 e. The Morgan fingerprint density at radius 1 is 0.962 bits per heavy atom. The first kappa shape index (κ1) is 20.7. The normalized spacial score (nSPS) is 11.9. The molecular formula is C21H26ClO3P. The van der Waals surface area contributed by atoms with Gasteiger partial charge in [-0.3, -0.25) is 4.79 Å². The maximum absolute atomic E-state index is 12.4. The van der Waals surface area contributed by atoms with Crippen LogP contribution in [0.2, 0.25) is 5.02 Å². The van der Waals surface area contributed by atoms with Crippen LogP contribution in [-0.4, -0.2) is 18.8 Å². The highest BCUT2D eigenvalue weighted by Gasteiger charge is 2.21. The van der Waals surface area contributed by atoms with Gasteiger partial charge in [-0.1, -0.05) is 67.3 Å². The first-order valence-corrected chi connectivity index (χ1v) is 11.1. The van der Waals surface area contributed by atoms with Crippen molar-refractivity contribution >= 4 is 24.9 Å². The Morgan fingerprint density at radius 2 is 1.65 bits per heavy atom. The molecule has 0 saturated carbocycles. The molecule has 140 valence electrons. The minimum Gasteiger partial charge on any atom is -0.496 e. The zero-order valence-corrected chi connectivity index (χ0v) is 16.9. The molecule has 2 aromatic carbocycles. The molecule has 0 aliphatic carbocycles. The van der Waals surface area contributed by atoms with E-state index < -0.39 is 7.80 Å². The number of hydrogen-bond donors (Lipinski definition) is 0. The molecule has 0 aromatic heterocycles. The lowest BCUT2D eigenvalue weighted by Gasteiger charge is -2.09. The van der Waals surface area contributed by atoms with Crippen LogP contribution < -0.4 is 4.74 Å². The molecule has 0 fully saturated rings. The fraction of sp³-hybridized carbons (Fsp3) is 0.381. The van der Waals surface area contributed by atoms with Gasteiger partial charge in [0, 0.05) is 6.16 Å². The van der Waals surface area contributed by atoms with Gasteiger partial charge in [0.25, 0.3) is 0 Å². The van der Waals surface area contributed by atoms with E-state index in [2.05, 4.69) is 24.3 Å². The van der Waals surface area contributed by atoms with Crippen LogP contribution in [-0.2, 0) is 11.0 Å². The number of unbranched alkanes of at least 4 members (excludes halogenated alkanes) is 4. The van der Waals surface area contributed by atoms with Crippen molar-refractivity contribution in [3.63, 3.8) is 0 Å². The van der Waals surface area contributed by atoms with Crippen molar-refractivity contribution in [2.75, 3.05) is 13.3 Å². The van der Waals surface area contributed by atoms with E-state index in [0.717, 1.165) is 38.5 Å². The minimum absolute atomic E-state index is 0.253. The topological polar surface area (TPSA) is 43.4 Å². The fourth-order valence-corrected chi connectivity index (χ4v) is 4.60. The van der Waals surface area contributed by atoms with Gasteiger partial charge in [0.2, 0.25) is 5.52 Å². The van der Waals surface area contributed by atoms with Crippen LogP contribution in [0.25, 0.3) is 0 Å². The molecule has 5 heteroatoms. The lowest BCUT2D eigenvalue weighted by Crippen LogP contribution is -2.00. The largest absolute Gasteiger partial charge is 0.496 e. The van der Waals surface area contributed by atoms with Crippen molar-refractivity contribution < 1.29 is 14.1 Å². The lowest BCUT2D eigenvalue weighted by molar-refractivity contribution is 0.107. The third-order valence-corrected chi connectivity index (χ3v) is 6.27. The van der Waals surface area contributed by atoms with Crippen LogP contribution in [0, 0.1) is 0 Å². The Balaban J connectivity index is 1.68. The molecule has 3 nitrogen and oxygen atoms in total. The molecule has 0 aliphatic rings. The highest BCUT2D eigenvalue weighted by molar-refractivity contribution is 7.64. The molecule has 26 heavy (non-hydrogen) atoms. The molecule has 1 unspecified atom stereocenters. The lowest BCUT2D eigenvalue weighted by atomic mass is 10.1. The van der Waals surface area contributed by atoms with Crippen LogP contribution in [0.4, 0.5) is 0 Å². The highest BCUT2D eigenvalue weighted by atomic mass is 35.5. The average Bonchev–Trinajstić information content (AvgIpc) is 2.67. The fourth-order valence-electron chi connectivity index (χ4n) is 2.94. The molecule has 2 aromatic rings. The summed E-state index contributed by atoms with van der Waals surface area (Å²) in [5.74, 6) is 0.391. The van der Waals surface area contributed by atoms with E-state index in [9.17, 15) is 9.36 Å². The van der Waals surface area contributed by atoms with Crippen molar-refractivity contribution in [2.45, 2.75) is 38.5 Å². The van der Waals surface area contributed by atoms with Gasteiger partial charge in [-0.15, -0.1) is 0 Å². The maximum atomic E-state index is 12.4. The predicted molar refractivity (Wildman–Crippen MR) is 109 cm³/mol. The van der Waals surface area contributed by atoms with Crippen molar-refractivity contribution in [2.24, 2.45) is 0 Å². The van der Waals surface area contributed by atoms with Gasteiger partial charge in [-0.05, 0) is 37.0 Å². The van der Waals surface area contributed by atoms with E-state index in [4.69, 9.17) is 16.3 Å². The summed E-state index contributed by atoms with van der Waals surface area (Å²) in [5.41, 5.74) is 1.25. The van der Waals surface area contributed by atoms with Gasteiger partial charge in [0.15, 0.2) is 0 Å². The number of rotatable bonds is 11. The summed E-state index contributed by atoms with van der Waals surface area (Å²) in [4.78, 5) is 12.4. The first-order valence-electron chi connectivity index (χ1n) is 9.07. The highest BCUT2D eigenvalue weighted by Crippen LogP contribution is 2.36. The van der Waals surface area contributed by atoms with E-state index in [1.54, 1.807) is 18.2 Å². The summed E-state index contributed by atoms with van der Waals surface area (Å²) in [5, 5.41) is 0.300. The van der Waals surface area contributed by atoms with Crippen molar-refractivity contribution in [1.82, 2.24) is 0 Å². The number of carbonyl (C=O) groups excluding carboxylic acids is 1. The van der Waals surface area contributed by atoms with Crippen LogP contribution in [0.5, 0.6) is 5.75 Å². The zero-order valence-electron chi connectivity index (χ0n) is 15.2. The second kappa shape index (κ2) is 11.2. The van der Waals surface area contributed by atoms with Crippen LogP contribution >= 0.6 is 19.4 Å². The number of hydrogen-bond acceptors (Lipinski definition) is 3. The summed E-state index contributed by atoms with van der Waals surface area (Å²) < 4.78 is 17.5. The number of methoxy groups -OCH3 is 1. The SMILES string of the molecule is COc1cccc(Cl)c1C(=O)[PH](=O)CCCCCCCc1ccccc1. The maximum Gasteiger partial charge on any atom is 0.223 e. The summed E-state index contributed by atoms with van der Waals surface area (Å²) in [6.07, 6.45) is 6.77. The van der Waals surface area contributed by atoms with E-state index in [1.165, 1.54) is 12.7 Å². The molecule has 0 aliphatic heterocycles. The van der Waals surface area contributed by atoms with E-state index in [0.29, 0.717) is 16.9 Å². The van der Waals surface area contributed by atoms with Gasteiger partial charge in [-0.25, -0.2) is 0 Å². The standard InChI is InChI=1S/C21H26ClO3P/c1-25-19-15-10-14-18(22)20(19)21(23)26(24)16-9-4-2-3-6-11-17-12-7-5-8-13-17/h5,7-8,10,12-15,26H,2-4,6,9,11,16H2,1H3. The molecule has 0 saturated heterocycles. The average molecular weight is 393 g/mol. The number of ether oxygens (including phenoxy) is 1. The molecule has 2 rings (SSSR count). The monoisotopic (exact) mass is 392 g/mol. The second-order valence-electron chi connectivity index (χ2n) is 6.32. The van der Waals surface area contributed by atoms with Crippen LogP contribution in [0.3, 0.4) is 0 Å². The third kappa shape index (κ3) is 6.30. The Labute approximate surface area is 161 Å². The van der Waals surface area contributed by atoms with Gasteiger partial charge in [0.05, 0.1) is 17.7 Å². The van der Waals surface area contributed by atoms with Gasteiger partial charge in [-0.2, -0.15) is 0 Å². The molecular weight excluding hydrogens is 367 g/mol. The number of aryl methyl sites for hydroxylation is 1. The molecule has 0 N–H and O–H groups in total. The van der Waals surface area contributed by atoms with E-state index in [1.807, 2.05) is 6.07 Å². The number of halogens is 1. The van der Waals surface area contributed by atoms with Crippen molar-refractivity contribution in [3.8, 4) is 5.75 Å². The van der Waals surface area contributed by atoms with Crippen LogP contribution in [0.15, 0.2) is 48.5 Å². The van der Waals surface area contributed by atoms with Crippen molar-refractivity contribution in [3.05, 3.63) is 64.7 Å². The van der Waals surface area contributed by atoms with Gasteiger partial charge < -0.3 is 9.30 Å². The molecule has 0 amide bonds. The van der Waals surface area contributed by atoms with Crippen LogP contribution in [0.1, 0.15) is 48.0 Å². The summed E-state index contributed by atoms with van der Waals surface area (Å²) in [7, 11) is -0.881. The van der Waals surface area contributed by atoms with Gasteiger partial charge >= 0.3 is 0 Å². The first-order chi connectivity index (χ1) is 12.6. The molecule has 0 spiro atoms. The summed E-state index contributed by atoms with van der Waals surface area (Å²) in [6.45, 7) is 0. The zero-order chi connectivity index (χ0) is 18.8. The quantitative estimate of drug-likeness (QED) is 0.335. The van der Waals surface area contributed by atoms with Gasteiger partial charge in [0.1, 0.15) is 13.6 Å². The number of carbonyl (C=O) groups is 1. The Bertz CT molecular complexity index is 731. The van der Waals surface area contributed by atoms with E-state index in [-0.39, 0.29) is 11.1 Å². The molecule has 0 heterocycles. The second-order valence-corrected chi connectivity index (χ2v) is 8.53. The molecule has 0 radical (unpaired) electrons. The van der Waals surface area contributed by atoms with Crippen molar-refractivity contribution in [1.29, 1.82) is 0 Å². The van der Waals surface area contributed by atoms with E-state index >= 15 is 0 Å². The summed E-state index contributed by atoms with van der Waals surface area (Å²) >= 11 is 6.09.